The first-order valence-electron chi connectivity index (χ1n) is 3.49. The molecule has 0 saturated heterocycles. The Morgan fingerprint density at radius 2 is 2.30 bits per heavy atom. The highest BCUT2D eigenvalue weighted by molar-refractivity contribution is 7.23. The topological polar surface area (TPSA) is 3.24 Å². The Labute approximate surface area is 65.0 Å². The highest BCUT2D eigenvalue weighted by Gasteiger charge is 2.04. The molecule has 0 N–H and O–H groups in total. The fourth-order valence-corrected chi connectivity index (χ4v) is 1.45. The van der Waals surface area contributed by atoms with Gasteiger partial charge in [-0.25, -0.2) is 0 Å². The standard InChI is InChI=1S/C8H14NP/c1-9(2)6-7-4-3-5-8(7)10/h3,5H,4,6,10H2,1-2H3. The number of nitrogens with zero attached hydrogens (tertiary/aromatic N) is 1. The van der Waals surface area contributed by atoms with Gasteiger partial charge in [0, 0.05) is 6.54 Å². The molecule has 1 atom stereocenters. The van der Waals surface area contributed by atoms with E-state index in [2.05, 4.69) is 40.4 Å². The van der Waals surface area contributed by atoms with Crippen molar-refractivity contribution < 1.29 is 0 Å². The summed E-state index contributed by atoms with van der Waals surface area (Å²) in [4.78, 5) is 2.20. The maximum Gasteiger partial charge on any atom is 0.0199 e. The van der Waals surface area contributed by atoms with Crippen molar-refractivity contribution in [1.82, 2.24) is 4.90 Å². The van der Waals surface area contributed by atoms with Gasteiger partial charge in [-0.05, 0) is 31.4 Å². The van der Waals surface area contributed by atoms with Crippen molar-refractivity contribution in [3.8, 4) is 0 Å². The van der Waals surface area contributed by atoms with Crippen LogP contribution in [0.25, 0.3) is 0 Å². The van der Waals surface area contributed by atoms with E-state index in [0.29, 0.717) is 0 Å². The Morgan fingerprint density at radius 1 is 1.60 bits per heavy atom. The van der Waals surface area contributed by atoms with Crippen molar-refractivity contribution >= 4 is 9.24 Å². The Morgan fingerprint density at radius 3 is 2.70 bits per heavy atom. The minimum Gasteiger partial charge on any atom is -0.305 e. The van der Waals surface area contributed by atoms with Crippen molar-refractivity contribution in [1.29, 1.82) is 0 Å². The van der Waals surface area contributed by atoms with Gasteiger partial charge in [-0.3, -0.25) is 0 Å². The van der Waals surface area contributed by atoms with Crippen LogP contribution in [-0.4, -0.2) is 25.5 Å². The Balaban J connectivity index is 2.51. The molecule has 56 valence electrons. The smallest absolute Gasteiger partial charge is 0.0199 e. The van der Waals surface area contributed by atoms with Crippen LogP contribution < -0.4 is 0 Å². The number of rotatable bonds is 2. The first-order valence-corrected chi connectivity index (χ1v) is 4.06. The number of hydrogen-bond acceptors (Lipinski definition) is 1. The maximum absolute atomic E-state index is 2.77. The highest BCUT2D eigenvalue weighted by atomic mass is 31.0. The molecule has 0 bridgehead atoms. The van der Waals surface area contributed by atoms with Gasteiger partial charge in [-0.1, -0.05) is 12.2 Å². The zero-order chi connectivity index (χ0) is 7.56. The molecule has 0 aromatic heterocycles. The van der Waals surface area contributed by atoms with Gasteiger partial charge in [0.2, 0.25) is 0 Å². The van der Waals surface area contributed by atoms with Crippen molar-refractivity contribution in [2.75, 3.05) is 20.6 Å². The molecule has 0 amide bonds. The van der Waals surface area contributed by atoms with Gasteiger partial charge < -0.3 is 4.90 Å². The van der Waals surface area contributed by atoms with Gasteiger partial charge in [0.1, 0.15) is 0 Å². The second kappa shape index (κ2) is 3.32. The summed E-state index contributed by atoms with van der Waals surface area (Å²) in [5, 5.41) is 1.37. The van der Waals surface area contributed by atoms with Crippen LogP contribution in [0.5, 0.6) is 0 Å². The second-order valence-corrected chi connectivity index (χ2v) is 3.53. The molecule has 1 aliphatic rings. The molecule has 1 rings (SSSR count). The van der Waals surface area contributed by atoms with Gasteiger partial charge in [0.15, 0.2) is 0 Å². The van der Waals surface area contributed by atoms with Crippen molar-refractivity contribution in [2.24, 2.45) is 0 Å². The average molecular weight is 155 g/mol. The molecule has 1 aliphatic carbocycles. The molecule has 0 spiro atoms. The fourth-order valence-electron chi connectivity index (χ4n) is 1.10. The number of allylic oxidation sites excluding steroid dienone is 3. The summed E-state index contributed by atoms with van der Waals surface area (Å²) in [7, 11) is 6.97. The minimum absolute atomic E-state index is 1.09. The predicted molar refractivity (Wildman–Crippen MR) is 49.0 cm³/mol. The van der Waals surface area contributed by atoms with Crippen molar-refractivity contribution in [3.63, 3.8) is 0 Å². The Kier molecular flexibility index (Phi) is 2.64. The molecule has 0 heterocycles. The monoisotopic (exact) mass is 155 g/mol. The van der Waals surface area contributed by atoms with Gasteiger partial charge in [-0.15, -0.1) is 9.24 Å². The molecule has 0 aliphatic heterocycles. The van der Waals surface area contributed by atoms with E-state index < -0.39 is 0 Å². The quantitative estimate of drug-likeness (QED) is 0.548. The summed E-state index contributed by atoms with van der Waals surface area (Å²) in [6.07, 6.45) is 5.52. The lowest BCUT2D eigenvalue weighted by Crippen LogP contribution is -2.14. The zero-order valence-electron chi connectivity index (χ0n) is 6.59. The fraction of sp³-hybridized carbons (Fsp3) is 0.500. The first-order chi connectivity index (χ1) is 4.70. The molecule has 1 unspecified atom stereocenters. The lowest BCUT2D eigenvalue weighted by Gasteiger charge is -2.10. The number of likely N-dealkylation sites (N-methyl/N-ethyl adjacent to an activating group) is 1. The highest BCUT2D eigenvalue weighted by Crippen LogP contribution is 2.23. The summed E-state index contributed by atoms with van der Waals surface area (Å²) in [5.41, 5.74) is 1.52. The largest absolute Gasteiger partial charge is 0.305 e. The van der Waals surface area contributed by atoms with Crippen LogP contribution >= 0.6 is 9.24 Å². The van der Waals surface area contributed by atoms with Crippen LogP contribution in [0, 0.1) is 0 Å². The average Bonchev–Trinajstić information content (AvgIpc) is 2.15. The second-order valence-electron chi connectivity index (χ2n) is 2.90. The first kappa shape index (κ1) is 7.97. The van der Waals surface area contributed by atoms with Crippen molar-refractivity contribution in [3.05, 3.63) is 23.0 Å². The molecule has 0 fully saturated rings. The van der Waals surface area contributed by atoms with Crippen LogP contribution in [0.4, 0.5) is 0 Å². The van der Waals surface area contributed by atoms with E-state index in [9.17, 15) is 0 Å². The van der Waals surface area contributed by atoms with Crippen LogP contribution in [-0.2, 0) is 0 Å². The van der Waals surface area contributed by atoms with E-state index in [1.165, 1.54) is 10.9 Å². The van der Waals surface area contributed by atoms with Gasteiger partial charge in [-0.2, -0.15) is 0 Å². The molecular formula is C8H14NP. The van der Waals surface area contributed by atoms with Crippen LogP contribution in [0.2, 0.25) is 0 Å². The SMILES string of the molecule is CN(C)CC1=C(P)C=CC1. The zero-order valence-corrected chi connectivity index (χ0v) is 7.75. The lowest BCUT2D eigenvalue weighted by molar-refractivity contribution is 0.443. The molecule has 0 aromatic rings. The van der Waals surface area contributed by atoms with Gasteiger partial charge in [0.05, 0.1) is 0 Å². The molecule has 0 aromatic carbocycles. The summed E-state index contributed by atoms with van der Waals surface area (Å²) in [5.74, 6) is 0. The molecule has 1 nitrogen and oxygen atoms in total. The predicted octanol–water partition coefficient (Wildman–Crippen LogP) is 1.64. The van der Waals surface area contributed by atoms with Crippen LogP contribution in [0.3, 0.4) is 0 Å². The molecule has 2 heteroatoms. The van der Waals surface area contributed by atoms with Crippen LogP contribution in [0.15, 0.2) is 23.0 Å². The van der Waals surface area contributed by atoms with Crippen molar-refractivity contribution in [2.45, 2.75) is 6.42 Å². The van der Waals surface area contributed by atoms with Gasteiger partial charge in [0.25, 0.3) is 0 Å². The van der Waals surface area contributed by atoms with E-state index in [-0.39, 0.29) is 0 Å². The van der Waals surface area contributed by atoms with Crippen LogP contribution in [0.1, 0.15) is 6.42 Å². The summed E-state index contributed by atoms with van der Waals surface area (Å²) >= 11 is 0. The third-order valence-electron chi connectivity index (χ3n) is 1.58. The van der Waals surface area contributed by atoms with E-state index in [0.717, 1.165) is 13.0 Å². The third kappa shape index (κ3) is 1.93. The minimum atomic E-state index is 1.09. The maximum atomic E-state index is 2.77. The van der Waals surface area contributed by atoms with Gasteiger partial charge >= 0.3 is 0 Å². The molecule has 10 heavy (non-hydrogen) atoms. The Bertz CT molecular complexity index is 180. The summed E-state index contributed by atoms with van der Waals surface area (Å²) < 4.78 is 0. The normalized spacial score (nSPS) is 17.6. The van der Waals surface area contributed by atoms with E-state index in [1.807, 2.05) is 0 Å². The lowest BCUT2D eigenvalue weighted by atomic mass is 10.2. The third-order valence-corrected chi connectivity index (χ3v) is 2.18. The van der Waals surface area contributed by atoms with E-state index >= 15 is 0 Å². The summed E-state index contributed by atoms with van der Waals surface area (Å²) in [6, 6.07) is 0. The molecule has 0 saturated carbocycles. The van der Waals surface area contributed by atoms with E-state index in [4.69, 9.17) is 0 Å². The Hall–Kier alpha value is -0.130. The number of hydrogen-bond donors (Lipinski definition) is 0. The van der Waals surface area contributed by atoms with E-state index in [1.54, 1.807) is 0 Å². The summed E-state index contributed by atoms with van der Waals surface area (Å²) in [6.45, 7) is 1.09. The molecular weight excluding hydrogens is 141 g/mol. The molecule has 0 radical (unpaired) electrons.